The molecule has 0 radical (unpaired) electrons. The number of aromatic nitrogens is 2. The lowest BCUT2D eigenvalue weighted by molar-refractivity contribution is -0.131. The number of thioether (sulfide) groups is 1. The van der Waals surface area contributed by atoms with Crippen molar-refractivity contribution in [2.24, 2.45) is 0 Å². The van der Waals surface area contributed by atoms with E-state index in [0.717, 1.165) is 37.4 Å². The molecule has 2 aromatic carbocycles. The molecule has 3 aromatic rings. The van der Waals surface area contributed by atoms with Crippen LogP contribution in [0.4, 0.5) is 0 Å². The summed E-state index contributed by atoms with van der Waals surface area (Å²) >= 11 is 1.86. The number of benzene rings is 2. The highest BCUT2D eigenvalue weighted by Gasteiger charge is 2.41. The lowest BCUT2D eigenvalue weighted by atomic mass is 9.87. The maximum atomic E-state index is 13.0. The molecule has 146 valence electrons. The molecule has 28 heavy (non-hydrogen) atoms. The first-order valence-electron chi connectivity index (χ1n) is 9.83. The van der Waals surface area contributed by atoms with Gasteiger partial charge in [-0.1, -0.05) is 42.5 Å². The monoisotopic (exact) mass is 394 g/mol. The van der Waals surface area contributed by atoms with Crippen molar-refractivity contribution < 1.29 is 4.79 Å². The summed E-state index contributed by atoms with van der Waals surface area (Å²) in [5.41, 5.74) is 0.787. The van der Waals surface area contributed by atoms with Gasteiger partial charge in [0.25, 0.3) is 0 Å². The zero-order chi connectivity index (χ0) is 19.2. The van der Waals surface area contributed by atoms with Gasteiger partial charge in [-0.3, -0.25) is 9.48 Å². The average molecular weight is 395 g/mol. The minimum atomic E-state index is -0.560. The number of rotatable bonds is 7. The van der Waals surface area contributed by atoms with E-state index >= 15 is 0 Å². The third-order valence-corrected chi connectivity index (χ3v) is 6.47. The highest BCUT2D eigenvalue weighted by molar-refractivity contribution is 7.98. The summed E-state index contributed by atoms with van der Waals surface area (Å²) in [7, 11) is 0. The van der Waals surface area contributed by atoms with Crippen molar-refractivity contribution in [3.8, 4) is 0 Å². The third-order valence-electron chi connectivity index (χ3n) is 5.47. The summed E-state index contributed by atoms with van der Waals surface area (Å²) in [6, 6.07) is 16.8. The minimum absolute atomic E-state index is 0.0865. The molecule has 6 heteroatoms. The van der Waals surface area contributed by atoms with E-state index in [-0.39, 0.29) is 5.91 Å². The van der Waals surface area contributed by atoms with Gasteiger partial charge in [0.15, 0.2) is 0 Å². The predicted octanol–water partition coefficient (Wildman–Crippen LogP) is 3.16. The number of nitrogens with zero attached hydrogens (tertiary/aromatic N) is 2. The fraction of sp³-hybridized carbons (Fsp3) is 0.364. The standard InChI is InChI=1S/C22H26N4OS/c27-21(22(9-12-23-13-10-22)26-15-4-11-25-26)24-14-16-28-17-19-7-3-6-18-5-1-2-8-20(18)19/h1-8,11,15,23H,9-10,12-14,16-17H2,(H,24,27). The molecular weight excluding hydrogens is 368 g/mol. The van der Waals surface area contributed by atoms with Crippen LogP contribution in [-0.4, -0.2) is 41.1 Å². The highest BCUT2D eigenvalue weighted by atomic mass is 32.2. The van der Waals surface area contributed by atoms with E-state index in [4.69, 9.17) is 0 Å². The summed E-state index contributed by atoms with van der Waals surface area (Å²) in [5, 5.41) is 13.5. The second-order valence-electron chi connectivity index (χ2n) is 7.18. The number of carbonyl (C=O) groups is 1. The van der Waals surface area contributed by atoms with Crippen LogP contribution >= 0.6 is 11.8 Å². The van der Waals surface area contributed by atoms with Crippen LogP contribution < -0.4 is 10.6 Å². The Kier molecular flexibility index (Phi) is 5.98. The Bertz CT molecular complexity index is 914. The van der Waals surface area contributed by atoms with Crippen molar-refractivity contribution in [2.75, 3.05) is 25.4 Å². The van der Waals surface area contributed by atoms with Gasteiger partial charge in [-0.15, -0.1) is 0 Å². The second kappa shape index (κ2) is 8.80. The first-order chi connectivity index (χ1) is 13.8. The fourth-order valence-corrected chi connectivity index (χ4v) is 4.79. The Balaban J connectivity index is 1.31. The fourth-order valence-electron chi connectivity index (χ4n) is 3.92. The lowest BCUT2D eigenvalue weighted by Gasteiger charge is -2.36. The van der Waals surface area contributed by atoms with Crippen LogP contribution in [0, 0.1) is 0 Å². The molecule has 5 nitrogen and oxygen atoms in total. The summed E-state index contributed by atoms with van der Waals surface area (Å²) < 4.78 is 1.84. The minimum Gasteiger partial charge on any atom is -0.353 e. The normalized spacial score (nSPS) is 16.1. The molecule has 0 atom stereocenters. The average Bonchev–Trinajstić information content (AvgIpc) is 3.29. The van der Waals surface area contributed by atoms with Gasteiger partial charge in [0.05, 0.1) is 0 Å². The van der Waals surface area contributed by atoms with Crippen LogP contribution in [0.3, 0.4) is 0 Å². The van der Waals surface area contributed by atoms with Crippen molar-refractivity contribution in [1.82, 2.24) is 20.4 Å². The van der Waals surface area contributed by atoms with Crippen molar-refractivity contribution in [2.45, 2.75) is 24.1 Å². The molecular formula is C22H26N4OS. The number of hydrogen-bond acceptors (Lipinski definition) is 4. The molecule has 0 spiro atoms. The number of carbonyl (C=O) groups excluding carboxylic acids is 1. The van der Waals surface area contributed by atoms with E-state index in [1.807, 2.05) is 28.7 Å². The Morgan fingerprint density at radius 3 is 2.79 bits per heavy atom. The molecule has 0 bridgehead atoms. The first-order valence-corrected chi connectivity index (χ1v) is 11.0. The van der Waals surface area contributed by atoms with Crippen LogP contribution in [-0.2, 0) is 16.1 Å². The van der Waals surface area contributed by atoms with Crippen LogP contribution in [0.25, 0.3) is 10.8 Å². The Hall–Kier alpha value is -2.31. The molecule has 0 unspecified atom stereocenters. The number of fused-ring (bicyclic) bond motifs is 1. The van der Waals surface area contributed by atoms with E-state index in [2.05, 4.69) is 58.2 Å². The first kappa shape index (κ1) is 19.0. The lowest BCUT2D eigenvalue weighted by Crippen LogP contribution is -2.54. The molecule has 2 N–H and O–H groups in total. The number of piperidine rings is 1. The molecule has 1 fully saturated rings. The van der Waals surface area contributed by atoms with E-state index in [9.17, 15) is 4.79 Å². The molecule has 0 aliphatic carbocycles. The van der Waals surface area contributed by atoms with Gasteiger partial charge < -0.3 is 10.6 Å². The van der Waals surface area contributed by atoms with Gasteiger partial charge in [-0.25, -0.2) is 0 Å². The summed E-state index contributed by atoms with van der Waals surface area (Å²) in [4.78, 5) is 13.0. The van der Waals surface area contributed by atoms with Crippen molar-refractivity contribution in [3.63, 3.8) is 0 Å². The number of amides is 1. The van der Waals surface area contributed by atoms with Gasteiger partial charge in [-0.05, 0) is 48.3 Å². The molecule has 0 saturated carbocycles. The smallest absolute Gasteiger partial charge is 0.248 e. The maximum Gasteiger partial charge on any atom is 0.248 e. The number of hydrogen-bond donors (Lipinski definition) is 2. The van der Waals surface area contributed by atoms with Gasteiger partial charge in [0.2, 0.25) is 5.91 Å². The predicted molar refractivity (Wildman–Crippen MR) is 115 cm³/mol. The van der Waals surface area contributed by atoms with Crippen LogP contribution in [0.15, 0.2) is 60.9 Å². The van der Waals surface area contributed by atoms with Crippen molar-refractivity contribution in [1.29, 1.82) is 0 Å². The van der Waals surface area contributed by atoms with Crippen LogP contribution in [0.5, 0.6) is 0 Å². The van der Waals surface area contributed by atoms with Crippen molar-refractivity contribution in [3.05, 3.63) is 66.5 Å². The summed E-state index contributed by atoms with van der Waals surface area (Å²) in [6.07, 6.45) is 5.19. The van der Waals surface area contributed by atoms with E-state index in [0.29, 0.717) is 6.54 Å². The zero-order valence-corrected chi connectivity index (χ0v) is 16.8. The summed E-state index contributed by atoms with van der Waals surface area (Å²) in [6.45, 7) is 2.34. The Labute approximate surface area is 169 Å². The largest absolute Gasteiger partial charge is 0.353 e. The van der Waals surface area contributed by atoms with Gasteiger partial charge in [-0.2, -0.15) is 16.9 Å². The van der Waals surface area contributed by atoms with E-state index in [1.165, 1.54) is 16.3 Å². The molecule has 1 amide bonds. The quantitative estimate of drug-likeness (QED) is 0.605. The second-order valence-corrected chi connectivity index (χ2v) is 8.28. The van der Waals surface area contributed by atoms with Crippen molar-refractivity contribution >= 4 is 28.4 Å². The van der Waals surface area contributed by atoms with E-state index in [1.54, 1.807) is 6.20 Å². The molecule has 1 aliphatic heterocycles. The van der Waals surface area contributed by atoms with Gasteiger partial charge in [0.1, 0.15) is 5.54 Å². The molecule has 1 aliphatic rings. The van der Waals surface area contributed by atoms with Gasteiger partial charge in [0, 0.05) is 30.4 Å². The van der Waals surface area contributed by atoms with Crippen LogP contribution in [0.1, 0.15) is 18.4 Å². The Morgan fingerprint density at radius 1 is 1.14 bits per heavy atom. The van der Waals surface area contributed by atoms with E-state index < -0.39 is 5.54 Å². The number of nitrogens with one attached hydrogen (secondary N) is 2. The van der Waals surface area contributed by atoms with Crippen LogP contribution in [0.2, 0.25) is 0 Å². The molecule has 1 aromatic heterocycles. The molecule has 4 rings (SSSR count). The molecule has 1 saturated heterocycles. The topological polar surface area (TPSA) is 59.0 Å². The Morgan fingerprint density at radius 2 is 1.96 bits per heavy atom. The highest BCUT2D eigenvalue weighted by Crippen LogP contribution is 2.27. The maximum absolute atomic E-state index is 13.0. The zero-order valence-electron chi connectivity index (χ0n) is 15.9. The third kappa shape index (κ3) is 3.93. The molecule has 2 heterocycles. The summed E-state index contributed by atoms with van der Waals surface area (Å²) in [5.74, 6) is 1.93. The SMILES string of the molecule is O=C(NCCSCc1cccc2ccccc12)C1(n2cccn2)CCNCC1. The van der Waals surface area contributed by atoms with Gasteiger partial charge >= 0.3 is 0 Å².